The molecule has 0 heterocycles. The normalized spacial score (nSPS) is 8.86. The molecule has 0 saturated heterocycles. The predicted octanol–water partition coefficient (Wildman–Crippen LogP) is 2.64. The van der Waals surface area contributed by atoms with E-state index in [1.54, 1.807) is 0 Å². The third-order valence-electron chi connectivity index (χ3n) is 1.46. The number of rotatable bonds is 2. The van der Waals surface area contributed by atoms with E-state index in [-0.39, 0.29) is 28.4 Å². The standard InChI is InChI=1S/C8H3ClN2O2S/c1-10-6-3-2-5(8(9)12)4-7(6)11-14-13/h2-4H. The highest BCUT2D eigenvalue weighted by Crippen LogP contribution is 2.29. The molecule has 0 aliphatic carbocycles. The summed E-state index contributed by atoms with van der Waals surface area (Å²) in [5, 5.41) is -0.645. The first-order valence-corrected chi connectivity index (χ1v) is 4.48. The molecule has 1 rings (SSSR count). The monoisotopic (exact) mass is 226 g/mol. The van der Waals surface area contributed by atoms with Crippen LogP contribution >= 0.6 is 11.6 Å². The molecule has 0 bridgehead atoms. The molecule has 4 nitrogen and oxygen atoms in total. The SMILES string of the molecule is [C-]#[N+]c1ccc(C(=O)Cl)cc1N=S=O. The van der Waals surface area contributed by atoms with Gasteiger partial charge in [0.2, 0.25) is 17.2 Å². The van der Waals surface area contributed by atoms with E-state index in [1.165, 1.54) is 18.2 Å². The van der Waals surface area contributed by atoms with Gasteiger partial charge < -0.3 is 0 Å². The van der Waals surface area contributed by atoms with Gasteiger partial charge in [0.15, 0.2) is 0 Å². The van der Waals surface area contributed by atoms with E-state index >= 15 is 0 Å². The van der Waals surface area contributed by atoms with Crippen LogP contribution in [-0.4, -0.2) is 9.45 Å². The molecule has 0 saturated carbocycles. The number of halogens is 1. The fourth-order valence-corrected chi connectivity index (χ4v) is 1.20. The molecule has 0 aliphatic rings. The molecule has 0 amide bonds. The Bertz CT molecular complexity index is 475. The zero-order valence-corrected chi connectivity index (χ0v) is 8.30. The quantitative estimate of drug-likeness (QED) is 0.575. The minimum atomic E-state index is -0.645. The number of hydrogen-bond donors (Lipinski definition) is 0. The van der Waals surface area contributed by atoms with Crippen LogP contribution in [0.4, 0.5) is 11.4 Å². The molecule has 0 aromatic heterocycles. The van der Waals surface area contributed by atoms with Gasteiger partial charge in [0.1, 0.15) is 0 Å². The van der Waals surface area contributed by atoms with Gasteiger partial charge >= 0.3 is 0 Å². The van der Waals surface area contributed by atoms with Crippen molar-refractivity contribution in [2.24, 2.45) is 4.36 Å². The summed E-state index contributed by atoms with van der Waals surface area (Å²) in [7, 11) is 0. The van der Waals surface area contributed by atoms with Crippen molar-refractivity contribution >= 4 is 39.7 Å². The van der Waals surface area contributed by atoms with Gasteiger partial charge in [-0.15, -0.1) is 0 Å². The van der Waals surface area contributed by atoms with Gasteiger partial charge in [-0.3, -0.25) is 4.79 Å². The molecule has 0 unspecified atom stereocenters. The highest BCUT2D eigenvalue weighted by molar-refractivity contribution is 7.54. The summed E-state index contributed by atoms with van der Waals surface area (Å²) in [5.41, 5.74) is 0.605. The number of nitrogens with zero attached hydrogens (tertiary/aromatic N) is 2. The van der Waals surface area contributed by atoms with E-state index in [2.05, 4.69) is 9.21 Å². The zero-order valence-electron chi connectivity index (χ0n) is 6.73. The Morgan fingerprint density at radius 3 is 2.79 bits per heavy atom. The lowest BCUT2D eigenvalue weighted by Gasteiger charge is -1.97. The van der Waals surface area contributed by atoms with E-state index in [0.29, 0.717) is 0 Å². The summed E-state index contributed by atoms with van der Waals surface area (Å²) in [4.78, 5) is 13.9. The lowest BCUT2D eigenvalue weighted by molar-refractivity contribution is 0.108. The fraction of sp³-hybridized carbons (Fsp3) is 0. The first kappa shape index (κ1) is 10.6. The molecule has 0 atom stereocenters. The zero-order chi connectivity index (χ0) is 10.6. The summed E-state index contributed by atoms with van der Waals surface area (Å²) in [6, 6.07) is 4.13. The molecule has 0 aliphatic heterocycles. The van der Waals surface area contributed by atoms with Crippen LogP contribution in [-0.2, 0) is 11.5 Å². The Morgan fingerprint density at radius 1 is 1.57 bits per heavy atom. The molecule has 0 N–H and O–H groups in total. The van der Waals surface area contributed by atoms with E-state index in [1.807, 2.05) is 0 Å². The molecule has 14 heavy (non-hydrogen) atoms. The average Bonchev–Trinajstić information content (AvgIpc) is 2.18. The van der Waals surface area contributed by atoms with Gasteiger partial charge in [-0.05, 0) is 17.7 Å². The Labute approximate surface area is 88.6 Å². The number of hydrogen-bond acceptors (Lipinski definition) is 3. The second-order valence-corrected chi connectivity index (χ2v) is 2.93. The summed E-state index contributed by atoms with van der Waals surface area (Å²) in [6.45, 7) is 6.78. The van der Waals surface area contributed by atoms with Gasteiger partial charge in [0.05, 0.1) is 12.3 Å². The highest BCUT2D eigenvalue weighted by atomic mass is 35.5. The lowest BCUT2D eigenvalue weighted by Crippen LogP contribution is -1.86. The van der Waals surface area contributed by atoms with Gasteiger partial charge in [0, 0.05) is 5.56 Å². The molecule has 0 spiro atoms. The molecule has 0 fully saturated rings. The van der Waals surface area contributed by atoms with E-state index in [4.69, 9.17) is 18.2 Å². The first-order chi connectivity index (χ1) is 6.69. The van der Waals surface area contributed by atoms with Crippen LogP contribution < -0.4 is 0 Å². The second-order valence-electron chi connectivity index (χ2n) is 2.25. The maximum atomic E-state index is 10.8. The Hall–Kier alpha value is -1.51. The topological polar surface area (TPSA) is 50.9 Å². The largest absolute Gasteiger partial charge is 0.276 e. The number of carbonyl (C=O) groups excluding carboxylic acids is 1. The molecule has 1 aromatic carbocycles. The van der Waals surface area contributed by atoms with E-state index < -0.39 is 5.24 Å². The third kappa shape index (κ3) is 2.25. The summed E-state index contributed by atoms with van der Waals surface area (Å²) >= 11 is 5.21. The van der Waals surface area contributed by atoms with Crippen molar-refractivity contribution in [1.29, 1.82) is 0 Å². The molecule has 0 radical (unpaired) electrons. The Kier molecular flexibility index (Phi) is 3.51. The van der Waals surface area contributed by atoms with Gasteiger partial charge in [-0.1, -0.05) is 12.1 Å². The second kappa shape index (κ2) is 4.65. The predicted molar refractivity (Wildman–Crippen MR) is 53.1 cm³/mol. The Balaban J connectivity index is 3.36. The fourth-order valence-electron chi connectivity index (χ4n) is 0.854. The molecular weight excluding hydrogens is 224 g/mol. The van der Waals surface area contributed by atoms with Crippen molar-refractivity contribution < 1.29 is 9.00 Å². The summed E-state index contributed by atoms with van der Waals surface area (Å²) < 4.78 is 13.6. The number of benzene rings is 1. The van der Waals surface area contributed by atoms with Crippen molar-refractivity contribution in [2.45, 2.75) is 0 Å². The smallest absolute Gasteiger partial charge is 0.252 e. The van der Waals surface area contributed by atoms with Crippen LogP contribution in [0, 0.1) is 6.57 Å². The van der Waals surface area contributed by atoms with Crippen molar-refractivity contribution in [3.8, 4) is 0 Å². The van der Waals surface area contributed by atoms with Crippen LogP contribution in [0.5, 0.6) is 0 Å². The van der Waals surface area contributed by atoms with E-state index in [9.17, 15) is 9.00 Å². The summed E-state index contributed by atoms with van der Waals surface area (Å²) in [6.07, 6.45) is 0. The lowest BCUT2D eigenvalue weighted by atomic mass is 10.2. The van der Waals surface area contributed by atoms with Crippen molar-refractivity contribution in [2.75, 3.05) is 0 Å². The highest BCUT2D eigenvalue weighted by Gasteiger charge is 2.06. The Morgan fingerprint density at radius 2 is 2.29 bits per heavy atom. The average molecular weight is 227 g/mol. The summed E-state index contributed by atoms with van der Waals surface area (Å²) in [5.74, 6) is 0. The van der Waals surface area contributed by atoms with Gasteiger partial charge in [-0.25, -0.2) is 4.85 Å². The van der Waals surface area contributed by atoms with Crippen LogP contribution in [0.2, 0.25) is 0 Å². The van der Waals surface area contributed by atoms with E-state index in [0.717, 1.165) is 0 Å². The van der Waals surface area contributed by atoms with Gasteiger partial charge in [-0.2, -0.15) is 8.57 Å². The van der Waals surface area contributed by atoms with Crippen molar-refractivity contribution in [3.63, 3.8) is 0 Å². The maximum Gasteiger partial charge on any atom is 0.252 e. The minimum absolute atomic E-state index is 0.0180. The molecule has 70 valence electrons. The van der Waals surface area contributed by atoms with Crippen molar-refractivity contribution in [1.82, 2.24) is 0 Å². The van der Waals surface area contributed by atoms with Gasteiger partial charge in [0.25, 0.3) is 5.24 Å². The molecule has 6 heteroatoms. The number of carbonyl (C=O) groups is 1. The molecular formula is C8H3ClN2O2S. The van der Waals surface area contributed by atoms with Crippen LogP contribution in [0.1, 0.15) is 10.4 Å². The van der Waals surface area contributed by atoms with Crippen LogP contribution in [0.15, 0.2) is 22.6 Å². The van der Waals surface area contributed by atoms with Crippen LogP contribution in [0.25, 0.3) is 4.85 Å². The third-order valence-corrected chi connectivity index (χ3v) is 1.95. The van der Waals surface area contributed by atoms with Crippen LogP contribution in [0.3, 0.4) is 0 Å². The van der Waals surface area contributed by atoms with Crippen molar-refractivity contribution in [3.05, 3.63) is 35.2 Å². The first-order valence-electron chi connectivity index (χ1n) is 3.40. The maximum absolute atomic E-state index is 10.8. The minimum Gasteiger partial charge on any atom is -0.276 e. The molecule has 1 aromatic rings.